The summed E-state index contributed by atoms with van der Waals surface area (Å²) in [6.07, 6.45) is 6.02. The third-order valence-electron chi connectivity index (χ3n) is 8.68. The normalized spacial score (nSPS) is 48.9. The molecule has 0 bridgehead atoms. The van der Waals surface area contributed by atoms with E-state index in [2.05, 4.69) is 6.92 Å². The van der Waals surface area contributed by atoms with Crippen LogP contribution in [0, 0.1) is 28.6 Å². The number of rotatable bonds is 2. The van der Waals surface area contributed by atoms with Gasteiger partial charge in [0, 0.05) is 16.7 Å². The lowest BCUT2D eigenvalue weighted by molar-refractivity contribution is -0.178. The third-order valence-corrected chi connectivity index (χ3v) is 8.68. The molecule has 0 aromatic heterocycles. The summed E-state index contributed by atoms with van der Waals surface area (Å²) >= 11 is 0. The molecule has 148 valence electrons. The minimum atomic E-state index is -1.57. The van der Waals surface area contributed by atoms with Gasteiger partial charge in [-0.15, -0.1) is 0 Å². The van der Waals surface area contributed by atoms with Crippen LogP contribution >= 0.6 is 0 Å². The largest absolute Gasteiger partial charge is 0.393 e. The number of hydrogen-bond donors (Lipinski definition) is 3. The molecule has 3 saturated carbocycles. The van der Waals surface area contributed by atoms with Crippen molar-refractivity contribution >= 4 is 11.6 Å². The van der Waals surface area contributed by atoms with E-state index < -0.39 is 29.5 Å². The van der Waals surface area contributed by atoms with Crippen LogP contribution in [0.3, 0.4) is 0 Å². The van der Waals surface area contributed by atoms with Crippen molar-refractivity contribution in [3.63, 3.8) is 0 Å². The van der Waals surface area contributed by atoms with Crippen LogP contribution in [-0.2, 0) is 9.59 Å². The molecule has 5 heteroatoms. The van der Waals surface area contributed by atoms with E-state index in [0.717, 1.165) is 30.4 Å². The van der Waals surface area contributed by atoms with Gasteiger partial charge in [0.15, 0.2) is 11.6 Å². The molecule has 4 rings (SSSR count). The molecule has 1 unspecified atom stereocenters. The molecule has 0 aromatic rings. The number of carbonyl (C=O) groups is 2. The molecule has 5 nitrogen and oxygen atoms in total. The zero-order valence-electron chi connectivity index (χ0n) is 16.4. The van der Waals surface area contributed by atoms with E-state index in [1.54, 1.807) is 6.08 Å². The maximum absolute atomic E-state index is 12.4. The fourth-order valence-electron chi connectivity index (χ4n) is 7.30. The van der Waals surface area contributed by atoms with Crippen LogP contribution in [0.25, 0.3) is 0 Å². The van der Waals surface area contributed by atoms with Gasteiger partial charge in [-0.2, -0.15) is 0 Å². The van der Waals surface area contributed by atoms with E-state index >= 15 is 0 Å². The predicted molar refractivity (Wildman–Crippen MR) is 99.7 cm³/mol. The van der Waals surface area contributed by atoms with Crippen LogP contribution in [0.5, 0.6) is 0 Å². The van der Waals surface area contributed by atoms with Gasteiger partial charge in [-0.25, -0.2) is 0 Å². The van der Waals surface area contributed by atoms with Crippen LogP contribution in [0.15, 0.2) is 23.3 Å². The van der Waals surface area contributed by atoms with Gasteiger partial charge in [0.1, 0.15) is 12.2 Å². The number of carbonyl (C=O) groups excluding carboxylic acids is 2. The fraction of sp³-hybridized carbons (Fsp3) is 0.727. The van der Waals surface area contributed by atoms with E-state index in [4.69, 9.17) is 0 Å². The van der Waals surface area contributed by atoms with Crippen molar-refractivity contribution in [3.05, 3.63) is 23.3 Å². The van der Waals surface area contributed by atoms with E-state index in [1.165, 1.54) is 0 Å². The number of Topliss-reactive ketones (excluding diaryl/α,β-unsaturated/α-hetero) is 1. The molecule has 0 saturated heterocycles. The zero-order chi connectivity index (χ0) is 19.8. The van der Waals surface area contributed by atoms with Gasteiger partial charge < -0.3 is 15.3 Å². The molecule has 0 aliphatic heterocycles. The van der Waals surface area contributed by atoms with E-state index in [1.807, 2.05) is 19.9 Å². The maximum atomic E-state index is 12.4. The van der Waals surface area contributed by atoms with Crippen LogP contribution in [0.2, 0.25) is 0 Å². The van der Waals surface area contributed by atoms with Crippen molar-refractivity contribution in [1.29, 1.82) is 0 Å². The summed E-state index contributed by atoms with van der Waals surface area (Å²) in [5, 5.41) is 31.8. The number of hydrogen-bond acceptors (Lipinski definition) is 5. The molecule has 7 atom stereocenters. The van der Waals surface area contributed by atoms with Crippen molar-refractivity contribution in [3.8, 4) is 0 Å². The van der Waals surface area contributed by atoms with Crippen LogP contribution in [0.4, 0.5) is 0 Å². The monoisotopic (exact) mass is 374 g/mol. The first-order valence-electron chi connectivity index (χ1n) is 10.1. The van der Waals surface area contributed by atoms with E-state index in [-0.39, 0.29) is 29.0 Å². The highest BCUT2D eigenvalue weighted by molar-refractivity contribution is 6.05. The molecule has 0 heterocycles. The Morgan fingerprint density at radius 1 is 1.30 bits per heavy atom. The van der Waals surface area contributed by atoms with Gasteiger partial charge in [-0.05, 0) is 62.5 Å². The van der Waals surface area contributed by atoms with Gasteiger partial charge in [0.25, 0.3) is 0 Å². The number of aliphatic hydroxyl groups excluding tert-OH is 2. The Bertz CT molecular complexity index is 767. The SMILES string of the molecule is CC1=C2CC[C@@H]3[C@H](C(O)C[C@@]4(C)[C@H]3CC[C@]4(O)C(=O)CO)[C@@]2(C)C=CC1=O. The van der Waals surface area contributed by atoms with Gasteiger partial charge in [0.05, 0.1) is 6.10 Å². The summed E-state index contributed by atoms with van der Waals surface area (Å²) < 4.78 is 0. The molecular formula is C22H30O5. The summed E-state index contributed by atoms with van der Waals surface area (Å²) in [4.78, 5) is 24.6. The Balaban J connectivity index is 1.77. The molecule has 4 aliphatic carbocycles. The Labute approximate surface area is 160 Å². The van der Waals surface area contributed by atoms with Crippen molar-refractivity contribution in [2.75, 3.05) is 6.61 Å². The Kier molecular flexibility index (Phi) is 4.12. The molecule has 3 fully saturated rings. The third kappa shape index (κ3) is 2.22. The average molecular weight is 374 g/mol. The summed E-state index contributed by atoms with van der Waals surface area (Å²) in [6, 6.07) is 0. The summed E-state index contributed by atoms with van der Waals surface area (Å²) in [6.45, 7) is 5.25. The van der Waals surface area contributed by atoms with Crippen molar-refractivity contribution in [2.45, 2.75) is 64.6 Å². The number of ketones is 2. The Morgan fingerprint density at radius 2 is 2.00 bits per heavy atom. The second-order valence-corrected chi connectivity index (χ2v) is 9.59. The summed E-state index contributed by atoms with van der Waals surface area (Å²) in [5.74, 6) is -0.195. The average Bonchev–Trinajstić information content (AvgIpc) is 2.89. The minimum Gasteiger partial charge on any atom is -0.393 e. The summed E-state index contributed by atoms with van der Waals surface area (Å²) in [7, 11) is 0. The molecule has 27 heavy (non-hydrogen) atoms. The zero-order valence-corrected chi connectivity index (χ0v) is 16.4. The van der Waals surface area contributed by atoms with Gasteiger partial charge in [-0.3, -0.25) is 9.59 Å². The van der Waals surface area contributed by atoms with Crippen molar-refractivity contribution < 1.29 is 24.9 Å². The Morgan fingerprint density at radius 3 is 2.67 bits per heavy atom. The fourth-order valence-corrected chi connectivity index (χ4v) is 7.30. The second kappa shape index (κ2) is 5.85. The first-order valence-corrected chi connectivity index (χ1v) is 10.1. The van der Waals surface area contributed by atoms with Crippen LogP contribution < -0.4 is 0 Å². The van der Waals surface area contributed by atoms with Gasteiger partial charge in [0.2, 0.25) is 0 Å². The maximum Gasteiger partial charge on any atom is 0.190 e. The standard InChI is InChI=1S/C22H30O5/c1-12-14-5-4-13-15-6-9-22(27,18(26)11-23)21(15,3)10-17(25)19(13)20(14,2)8-7-16(12)24/h7-8,13,15,17,19,23,25,27H,4-6,9-11H2,1-3H3/t13-,15-,17?,19+,20-,21-,22-/m0/s1. The van der Waals surface area contributed by atoms with Crippen molar-refractivity contribution in [2.24, 2.45) is 28.6 Å². The highest BCUT2D eigenvalue weighted by Crippen LogP contribution is 2.67. The van der Waals surface area contributed by atoms with E-state index in [0.29, 0.717) is 12.8 Å². The van der Waals surface area contributed by atoms with Crippen LogP contribution in [-0.4, -0.2) is 45.2 Å². The summed E-state index contributed by atoms with van der Waals surface area (Å²) in [5.41, 5.74) is -0.711. The first-order chi connectivity index (χ1) is 12.6. The molecular weight excluding hydrogens is 344 g/mol. The lowest BCUT2D eigenvalue weighted by Gasteiger charge is -2.59. The molecule has 3 N–H and O–H groups in total. The number of allylic oxidation sites excluding steroid dienone is 4. The molecule has 0 radical (unpaired) electrons. The smallest absolute Gasteiger partial charge is 0.190 e. The van der Waals surface area contributed by atoms with Crippen LogP contribution in [0.1, 0.15) is 52.9 Å². The molecule has 0 spiro atoms. The van der Waals surface area contributed by atoms with E-state index in [9.17, 15) is 24.9 Å². The number of aliphatic hydroxyl groups is 3. The highest BCUT2D eigenvalue weighted by Gasteiger charge is 2.68. The van der Waals surface area contributed by atoms with Gasteiger partial charge in [-0.1, -0.05) is 25.5 Å². The minimum absolute atomic E-state index is 0.0230. The molecule has 0 amide bonds. The highest BCUT2D eigenvalue weighted by atomic mass is 16.3. The predicted octanol–water partition coefficient (Wildman–Crippen LogP) is 1.95. The van der Waals surface area contributed by atoms with Gasteiger partial charge >= 0.3 is 0 Å². The quantitative estimate of drug-likeness (QED) is 0.687. The lowest BCUT2D eigenvalue weighted by atomic mass is 9.46. The second-order valence-electron chi connectivity index (χ2n) is 9.59. The number of fused-ring (bicyclic) bond motifs is 5. The molecule has 0 aromatic carbocycles. The Hall–Kier alpha value is -1.30. The molecule has 4 aliphatic rings. The lowest BCUT2D eigenvalue weighted by Crippen LogP contribution is -2.61. The van der Waals surface area contributed by atoms with Crippen molar-refractivity contribution in [1.82, 2.24) is 0 Å². The first kappa shape index (κ1) is 19.0. The topological polar surface area (TPSA) is 94.8 Å².